The van der Waals surface area contributed by atoms with E-state index in [0.717, 1.165) is 6.42 Å². The van der Waals surface area contributed by atoms with E-state index in [0.29, 0.717) is 18.0 Å². The molecule has 1 amide bonds. The fourth-order valence-corrected chi connectivity index (χ4v) is 3.25. The lowest BCUT2D eigenvalue weighted by atomic mass is 9.75. The Labute approximate surface area is 139 Å². The Morgan fingerprint density at radius 2 is 1.91 bits per heavy atom. The highest BCUT2D eigenvalue weighted by Crippen LogP contribution is 2.38. The minimum Gasteiger partial charge on any atom is -0.444 e. The number of nitrogens with one attached hydrogen (secondary N) is 2. The SMILES string of the molecule is Cc1cccc(C2CC(NC3CC3NC(=O)OC(C)(C)C)C2)c1. The molecule has 0 aromatic heterocycles. The molecule has 1 aromatic carbocycles. The van der Waals surface area contributed by atoms with Gasteiger partial charge in [0, 0.05) is 18.1 Å². The van der Waals surface area contributed by atoms with E-state index in [-0.39, 0.29) is 12.1 Å². The van der Waals surface area contributed by atoms with Crippen molar-refractivity contribution in [2.75, 3.05) is 0 Å². The molecule has 1 aromatic rings. The zero-order valence-electron chi connectivity index (χ0n) is 14.6. The summed E-state index contributed by atoms with van der Waals surface area (Å²) in [5.41, 5.74) is 2.36. The third-order valence-electron chi connectivity index (χ3n) is 4.59. The molecule has 0 radical (unpaired) electrons. The van der Waals surface area contributed by atoms with E-state index in [2.05, 4.69) is 41.8 Å². The third kappa shape index (κ3) is 4.47. The van der Waals surface area contributed by atoms with Crippen molar-refractivity contribution in [1.29, 1.82) is 0 Å². The lowest BCUT2D eigenvalue weighted by Crippen LogP contribution is -2.44. The Morgan fingerprint density at radius 1 is 1.17 bits per heavy atom. The highest BCUT2D eigenvalue weighted by molar-refractivity contribution is 5.68. The highest BCUT2D eigenvalue weighted by atomic mass is 16.6. The number of rotatable bonds is 4. The Kier molecular flexibility index (Phi) is 4.37. The van der Waals surface area contributed by atoms with Crippen molar-refractivity contribution in [2.24, 2.45) is 0 Å². The molecule has 23 heavy (non-hydrogen) atoms. The maximum absolute atomic E-state index is 11.7. The second kappa shape index (κ2) is 6.16. The highest BCUT2D eigenvalue weighted by Gasteiger charge is 2.42. The summed E-state index contributed by atoms with van der Waals surface area (Å²) in [4.78, 5) is 11.7. The quantitative estimate of drug-likeness (QED) is 0.894. The van der Waals surface area contributed by atoms with E-state index in [9.17, 15) is 4.79 Å². The average Bonchev–Trinajstić information content (AvgIpc) is 3.08. The van der Waals surface area contributed by atoms with E-state index in [4.69, 9.17) is 4.74 Å². The van der Waals surface area contributed by atoms with Crippen molar-refractivity contribution < 1.29 is 9.53 Å². The largest absolute Gasteiger partial charge is 0.444 e. The van der Waals surface area contributed by atoms with Crippen molar-refractivity contribution in [3.63, 3.8) is 0 Å². The maximum atomic E-state index is 11.7. The summed E-state index contributed by atoms with van der Waals surface area (Å²) >= 11 is 0. The summed E-state index contributed by atoms with van der Waals surface area (Å²) in [5, 5.41) is 6.59. The molecule has 2 atom stereocenters. The summed E-state index contributed by atoms with van der Waals surface area (Å²) < 4.78 is 5.29. The first-order valence-corrected chi connectivity index (χ1v) is 8.62. The van der Waals surface area contributed by atoms with Gasteiger partial charge in [-0.3, -0.25) is 0 Å². The predicted octanol–water partition coefficient (Wildman–Crippen LogP) is 3.50. The molecule has 0 bridgehead atoms. The van der Waals surface area contributed by atoms with Gasteiger partial charge in [-0.05, 0) is 58.4 Å². The van der Waals surface area contributed by atoms with Crippen LogP contribution in [0, 0.1) is 6.92 Å². The first-order valence-electron chi connectivity index (χ1n) is 8.62. The maximum Gasteiger partial charge on any atom is 0.407 e. The average molecular weight is 316 g/mol. The van der Waals surface area contributed by atoms with Gasteiger partial charge in [-0.2, -0.15) is 0 Å². The zero-order chi connectivity index (χ0) is 16.6. The van der Waals surface area contributed by atoms with Crippen LogP contribution in [0.2, 0.25) is 0 Å². The Hall–Kier alpha value is -1.55. The smallest absolute Gasteiger partial charge is 0.407 e. The standard InChI is InChI=1S/C19H28N2O2/c1-12-6-5-7-13(8-12)14-9-15(10-14)20-16-11-17(16)21-18(22)23-19(2,3)4/h5-8,14-17,20H,9-11H2,1-4H3,(H,21,22). The molecule has 4 heteroatoms. The minimum atomic E-state index is -0.434. The Morgan fingerprint density at radius 3 is 2.57 bits per heavy atom. The summed E-state index contributed by atoms with van der Waals surface area (Å²) in [5.74, 6) is 0.684. The number of alkyl carbamates (subject to hydrolysis) is 1. The molecule has 2 fully saturated rings. The second-order valence-corrected chi connectivity index (χ2v) is 8.04. The van der Waals surface area contributed by atoms with Crippen molar-refractivity contribution >= 4 is 6.09 Å². The first-order chi connectivity index (χ1) is 10.8. The Balaban J connectivity index is 1.36. The van der Waals surface area contributed by atoms with Crippen LogP contribution in [-0.2, 0) is 4.74 Å². The molecular weight excluding hydrogens is 288 g/mol. The van der Waals surface area contributed by atoms with Crippen molar-refractivity contribution in [3.8, 4) is 0 Å². The molecule has 2 aliphatic carbocycles. The second-order valence-electron chi connectivity index (χ2n) is 8.04. The topological polar surface area (TPSA) is 50.4 Å². The number of carbonyl (C=O) groups is 1. The van der Waals surface area contributed by atoms with Crippen LogP contribution in [0.25, 0.3) is 0 Å². The van der Waals surface area contributed by atoms with Gasteiger partial charge in [-0.1, -0.05) is 29.8 Å². The minimum absolute atomic E-state index is 0.225. The molecule has 3 rings (SSSR count). The van der Waals surface area contributed by atoms with Crippen LogP contribution in [-0.4, -0.2) is 29.8 Å². The van der Waals surface area contributed by atoms with Gasteiger partial charge in [0.1, 0.15) is 5.60 Å². The summed E-state index contributed by atoms with van der Waals surface area (Å²) in [7, 11) is 0. The molecule has 0 saturated heterocycles. The number of aryl methyl sites for hydroxylation is 1. The van der Waals surface area contributed by atoms with Crippen LogP contribution >= 0.6 is 0 Å². The van der Waals surface area contributed by atoms with Crippen LogP contribution in [0.5, 0.6) is 0 Å². The van der Waals surface area contributed by atoms with Crippen molar-refractivity contribution in [3.05, 3.63) is 35.4 Å². The first kappa shape index (κ1) is 16.3. The van der Waals surface area contributed by atoms with Gasteiger partial charge in [0.2, 0.25) is 0 Å². The molecule has 2 saturated carbocycles. The van der Waals surface area contributed by atoms with Gasteiger partial charge >= 0.3 is 6.09 Å². The van der Waals surface area contributed by atoms with E-state index in [1.165, 1.54) is 24.0 Å². The molecule has 2 N–H and O–H groups in total. The van der Waals surface area contributed by atoms with Crippen LogP contribution in [0.3, 0.4) is 0 Å². The van der Waals surface area contributed by atoms with E-state index in [1.807, 2.05) is 20.8 Å². The Bertz CT molecular complexity index is 573. The summed E-state index contributed by atoms with van der Waals surface area (Å²) in [6.45, 7) is 7.80. The molecule has 0 aliphatic heterocycles. The molecular formula is C19H28N2O2. The zero-order valence-corrected chi connectivity index (χ0v) is 14.6. The molecule has 126 valence electrons. The van der Waals surface area contributed by atoms with Crippen LogP contribution < -0.4 is 10.6 Å². The van der Waals surface area contributed by atoms with Crippen LogP contribution in [0.1, 0.15) is 57.1 Å². The fraction of sp³-hybridized carbons (Fsp3) is 0.632. The van der Waals surface area contributed by atoms with Gasteiger partial charge in [-0.25, -0.2) is 4.79 Å². The number of ether oxygens (including phenoxy) is 1. The number of hydrogen-bond acceptors (Lipinski definition) is 3. The number of hydrogen-bond donors (Lipinski definition) is 2. The summed E-state index contributed by atoms with van der Waals surface area (Å²) in [6, 6.07) is 10.0. The third-order valence-corrected chi connectivity index (χ3v) is 4.59. The monoisotopic (exact) mass is 316 g/mol. The van der Waals surface area contributed by atoms with Crippen LogP contribution in [0.4, 0.5) is 4.79 Å². The molecule has 0 heterocycles. The van der Waals surface area contributed by atoms with Gasteiger partial charge in [-0.15, -0.1) is 0 Å². The van der Waals surface area contributed by atoms with Gasteiger partial charge in [0.05, 0.1) is 0 Å². The van der Waals surface area contributed by atoms with Gasteiger partial charge in [0.25, 0.3) is 0 Å². The molecule has 0 spiro atoms. The number of benzene rings is 1. The predicted molar refractivity (Wildman–Crippen MR) is 91.6 cm³/mol. The van der Waals surface area contributed by atoms with Crippen LogP contribution in [0.15, 0.2) is 24.3 Å². The number of amides is 1. The lowest BCUT2D eigenvalue weighted by Gasteiger charge is -2.36. The van der Waals surface area contributed by atoms with E-state index in [1.54, 1.807) is 0 Å². The van der Waals surface area contributed by atoms with E-state index < -0.39 is 5.60 Å². The summed E-state index contributed by atoms with van der Waals surface area (Å²) in [6.07, 6.45) is 3.08. The molecule has 2 unspecified atom stereocenters. The van der Waals surface area contributed by atoms with Gasteiger partial charge < -0.3 is 15.4 Å². The fourth-order valence-electron chi connectivity index (χ4n) is 3.25. The number of carbonyl (C=O) groups excluding carboxylic acids is 1. The normalized spacial score (nSPS) is 29.6. The van der Waals surface area contributed by atoms with E-state index >= 15 is 0 Å². The van der Waals surface area contributed by atoms with Gasteiger partial charge in [0.15, 0.2) is 0 Å². The molecule has 2 aliphatic rings. The van der Waals surface area contributed by atoms with Crippen molar-refractivity contribution in [1.82, 2.24) is 10.6 Å². The lowest BCUT2D eigenvalue weighted by molar-refractivity contribution is 0.0521. The van der Waals surface area contributed by atoms with Crippen molar-refractivity contribution in [2.45, 2.75) is 76.6 Å². The molecule has 4 nitrogen and oxygen atoms in total.